The number of hydrogen-bond acceptors (Lipinski definition) is 7. The van der Waals surface area contributed by atoms with Gasteiger partial charge in [0.25, 0.3) is 0 Å². The fourth-order valence-corrected chi connectivity index (χ4v) is 3.51. The van der Waals surface area contributed by atoms with Gasteiger partial charge in [-0.1, -0.05) is 23.3 Å². The van der Waals surface area contributed by atoms with Gasteiger partial charge in [-0.25, -0.2) is 0 Å². The second-order valence-electron chi connectivity index (χ2n) is 7.54. The quantitative estimate of drug-likeness (QED) is 0.344. The van der Waals surface area contributed by atoms with Gasteiger partial charge < -0.3 is 24.6 Å². The predicted octanol–water partition coefficient (Wildman–Crippen LogP) is 2.62. The number of carbonyl (C=O) groups excluding carboxylic acids is 2. The summed E-state index contributed by atoms with van der Waals surface area (Å²) in [6.45, 7) is 5.38. The summed E-state index contributed by atoms with van der Waals surface area (Å²) in [6, 6.07) is 6.12. The molecule has 1 aromatic carbocycles. The summed E-state index contributed by atoms with van der Waals surface area (Å²) in [5.74, 6) is 0.235. The molecule has 2 heterocycles. The van der Waals surface area contributed by atoms with Crippen LogP contribution in [0.4, 0.5) is 0 Å². The Morgan fingerprint density at radius 3 is 2.82 bits per heavy atom. The van der Waals surface area contributed by atoms with E-state index in [4.69, 9.17) is 20.9 Å². The van der Waals surface area contributed by atoms with E-state index >= 15 is 0 Å². The van der Waals surface area contributed by atoms with E-state index in [0.717, 1.165) is 5.56 Å². The molecule has 2 N–H and O–H groups in total. The molecule has 2 amide bonds. The molecule has 3 rings (SSSR count). The van der Waals surface area contributed by atoms with E-state index < -0.39 is 18.1 Å². The topological polar surface area (TPSA) is 118 Å². The number of aliphatic hydroxyl groups is 1. The van der Waals surface area contributed by atoms with Gasteiger partial charge in [0.2, 0.25) is 23.5 Å². The number of carbonyl (C=O) groups is 2. The fourth-order valence-electron chi connectivity index (χ4n) is 3.39. The van der Waals surface area contributed by atoms with Crippen LogP contribution in [0.25, 0.3) is 11.4 Å². The summed E-state index contributed by atoms with van der Waals surface area (Å²) in [5, 5.41) is 17.3. The van der Waals surface area contributed by atoms with Crippen molar-refractivity contribution in [3.63, 3.8) is 0 Å². The molecule has 174 valence electrons. The van der Waals surface area contributed by atoms with Crippen molar-refractivity contribution in [3.05, 3.63) is 64.9 Å². The van der Waals surface area contributed by atoms with Crippen LogP contribution in [0.5, 0.6) is 0 Å². The van der Waals surface area contributed by atoms with E-state index in [1.165, 1.54) is 12.0 Å². The second kappa shape index (κ2) is 11.0. The Bertz CT molecular complexity index is 1090. The number of rotatable bonds is 8. The van der Waals surface area contributed by atoms with Gasteiger partial charge in [0, 0.05) is 23.6 Å². The number of hydrogen-bond donors (Lipinski definition) is 2. The predicted molar refractivity (Wildman–Crippen MR) is 121 cm³/mol. The summed E-state index contributed by atoms with van der Waals surface area (Å²) in [4.78, 5) is 31.2. The molecular formula is C23H25ClN4O5. The minimum atomic E-state index is -0.819. The van der Waals surface area contributed by atoms with Crippen LogP contribution in [-0.4, -0.2) is 57.8 Å². The highest BCUT2D eigenvalue weighted by molar-refractivity contribution is 6.30. The highest BCUT2D eigenvalue weighted by Gasteiger charge is 2.39. The number of halogens is 1. The van der Waals surface area contributed by atoms with Crippen LogP contribution in [0.2, 0.25) is 5.02 Å². The zero-order valence-corrected chi connectivity index (χ0v) is 19.1. The number of amides is 2. The average molecular weight is 473 g/mol. The van der Waals surface area contributed by atoms with E-state index in [1.807, 2.05) is 0 Å². The molecule has 1 aliphatic heterocycles. The summed E-state index contributed by atoms with van der Waals surface area (Å²) in [5.41, 5.74) is 4.15. The van der Waals surface area contributed by atoms with Gasteiger partial charge in [-0.2, -0.15) is 4.98 Å². The molecule has 2 atom stereocenters. The number of likely N-dealkylation sites (tertiary alicyclic amines) is 1. The molecule has 1 aliphatic rings. The molecule has 1 saturated heterocycles. The van der Waals surface area contributed by atoms with Crippen LogP contribution in [0.1, 0.15) is 25.7 Å². The van der Waals surface area contributed by atoms with Crippen LogP contribution in [-0.2, 0) is 20.9 Å². The van der Waals surface area contributed by atoms with Crippen molar-refractivity contribution in [2.45, 2.75) is 38.5 Å². The normalized spacial score (nSPS) is 18.1. The Kier molecular flexibility index (Phi) is 8.06. The third-order valence-corrected chi connectivity index (χ3v) is 5.38. The Balaban J connectivity index is 1.62. The molecule has 9 nitrogen and oxygen atoms in total. The Labute approximate surface area is 196 Å². The average Bonchev–Trinajstić information content (AvgIpc) is 3.44. The van der Waals surface area contributed by atoms with Crippen molar-refractivity contribution in [2.75, 3.05) is 13.7 Å². The largest absolute Gasteiger partial charge is 0.501 e. The van der Waals surface area contributed by atoms with Gasteiger partial charge in [0.15, 0.2) is 0 Å². The fraction of sp³-hybridized carbons (Fsp3) is 0.348. The lowest BCUT2D eigenvalue weighted by molar-refractivity contribution is -0.138. The molecule has 1 aromatic heterocycles. The number of nitrogens with zero attached hydrogens (tertiary/aromatic N) is 3. The SMILES string of the molecule is C=C=C(C)/C=C(/CC(=O)N1C[C@H](O)C[C@H]1C(=O)NCc1nc(-c2ccc(Cl)cc2)no1)OC. The van der Waals surface area contributed by atoms with Crippen LogP contribution >= 0.6 is 11.6 Å². The summed E-state index contributed by atoms with van der Waals surface area (Å²) in [7, 11) is 1.46. The molecule has 1 fully saturated rings. The number of methoxy groups -OCH3 is 1. The monoisotopic (exact) mass is 472 g/mol. The molecule has 0 aliphatic carbocycles. The third-order valence-electron chi connectivity index (χ3n) is 5.13. The van der Waals surface area contributed by atoms with Crippen molar-refractivity contribution < 1.29 is 24.0 Å². The molecule has 2 aromatic rings. The maximum Gasteiger partial charge on any atom is 0.246 e. The lowest BCUT2D eigenvalue weighted by Gasteiger charge is -2.23. The number of benzene rings is 1. The maximum absolute atomic E-state index is 12.8. The van der Waals surface area contributed by atoms with Crippen molar-refractivity contribution in [1.29, 1.82) is 0 Å². The summed E-state index contributed by atoms with van der Waals surface area (Å²) in [6.07, 6.45) is 0.935. The number of aromatic nitrogens is 2. The van der Waals surface area contributed by atoms with E-state index in [0.29, 0.717) is 22.2 Å². The summed E-state index contributed by atoms with van der Waals surface area (Å²) < 4.78 is 10.4. The molecule has 0 unspecified atom stereocenters. The number of aliphatic hydroxyl groups excluding tert-OH is 1. The molecule has 0 radical (unpaired) electrons. The van der Waals surface area contributed by atoms with Crippen LogP contribution in [0.3, 0.4) is 0 Å². The van der Waals surface area contributed by atoms with E-state index in [1.54, 1.807) is 37.3 Å². The van der Waals surface area contributed by atoms with Gasteiger partial charge >= 0.3 is 0 Å². The van der Waals surface area contributed by atoms with Gasteiger partial charge in [-0.05, 0) is 42.8 Å². The van der Waals surface area contributed by atoms with Gasteiger partial charge in [0.1, 0.15) is 11.8 Å². The third kappa shape index (κ3) is 6.32. The summed E-state index contributed by atoms with van der Waals surface area (Å²) >= 11 is 5.89. The van der Waals surface area contributed by atoms with Crippen LogP contribution < -0.4 is 5.32 Å². The zero-order valence-electron chi connectivity index (χ0n) is 18.4. The number of ether oxygens (including phenoxy) is 1. The zero-order chi connectivity index (χ0) is 24.0. The van der Waals surface area contributed by atoms with E-state index in [-0.39, 0.29) is 37.7 Å². The first-order chi connectivity index (χ1) is 15.8. The number of nitrogens with one attached hydrogen (secondary N) is 1. The molecule has 33 heavy (non-hydrogen) atoms. The van der Waals surface area contributed by atoms with Crippen molar-refractivity contribution >= 4 is 23.4 Å². The minimum absolute atomic E-state index is 0.0133. The standard InChI is InChI=1S/C23H25ClN4O5/c1-4-14(2)9-18(32-3)11-21(30)28-13-17(29)10-19(28)23(31)25-12-20-26-22(27-33-20)15-5-7-16(24)8-6-15/h5-9,17,19,29H,1,10-13H2,2-3H3,(H,25,31)/b18-9-/t17-,19+/m1/s1. The first-order valence-corrected chi connectivity index (χ1v) is 10.6. The van der Waals surface area contributed by atoms with Crippen molar-refractivity contribution in [3.8, 4) is 11.4 Å². The van der Waals surface area contributed by atoms with Gasteiger partial charge in [-0.15, -0.1) is 5.73 Å². The Morgan fingerprint density at radius 2 is 2.15 bits per heavy atom. The molecular weight excluding hydrogens is 448 g/mol. The minimum Gasteiger partial charge on any atom is -0.501 e. The molecule has 0 saturated carbocycles. The number of β-amino-alcohol motifs (C(OH)–C–C–N with tert-alkyl or cyclic N) is 1. The van der Waals surface area contributed by atoms with E-state index in [2.05, 4.69) is 27.8 Å². The lowest BCUT2D eigenvalue weighted by Crippen LogP contribution is -2.45. The highest BCUT2D eigenvalue weighted by Crippen LogP contribution is 2.22. The van der Waals surface area contributed by atoms with Gasteiger partial charge in [-0.3, -0.25) is 9.59 Å². The lowest BCUT2D eigenvalue weighted by atomic mass is 10.1. The van der Waals surface area contributed by atoms with Crippen LogP contribution in [0, 0.1) is 0 Å². The number of allylic oxidation sites excluding steroid dienone is 2. The molecule has 0 bridgehead atoms. The highest BCUT2D eigenvalue weighted by atomic mass is 35.5. The van der Waals surface area contributed by atoms with Crippen molar-refractivity contribution in [2.24, 2.45) is 0 Å². The Hall–Kier alpha value is -3.39. The Morgan fingerprint density at radius 1 is 1.42 bits per heavy atom. The van der Waals surface area contributed by atoms with E-state index in [9.17, 15) is 14.7 Å². The maximum atomic E-state index is 12.8. The first-order valence-electron chi connectivity index (χ1n) is 10.3. The smallest absolute Gasteiger partial charge is 0.246 e. The first kappa shape index (κ1) is 24.3. The molecule has 0 spiro atoms. The van der Waals surface area contributed by atoms with Gasteiger partial charge in [0.05, 0.1) is 26.2 Å². The molecule has 10 heteroatoms. The van der Waals surface area contributed by atoms with Crippen LogP contribution in [0.15, 0.2) is 58.5 Å². The van der Waals surface area contributed by atoms with Crippen molar-refractivity contribution in [1.82, 2.24) is 20.4 Å². The second-order valence-corrected chi connectivity index (χ2v) is 7.98.